The number of nitrogens with one attached hydrogen (secondary N) is 1. The molecule has 1 atom stereocenters. The van der Waals surface area contributed by atoms with Gasteiger partial charge in [-0.25, -0.2) is 21.1 Å². The van der Waals surface area contributed by atoms with Crippen LogP contribution in [0.3, 0.4) is 0 Å². The molecule has 5 rings (SSSR count). The molecule has 1 spiro atoms. The van der Waals surface area contributed by atoms with Crippen molar-refractivity contribution in [3.63, 3.8) is 0 Å². The van der Waals surface area contributed by atoms with Crippen LogP contribution in [0.5, 0.6) is 0 Å². The summed E-state index contributed by atoms with van der Waals surface area (Å²) >= 11 is 12.5. The highest BCUT2D eigenvalue weighted by Crippen LogP contribution is 2.47. The van der Waals surface area contributed by atoms with Gasteiger partial charge in [-0.15, -0.1) is 0 Å². The van der Waals surface area contributed by atoms with E-state index in [9.17, 15) is 16.8 Å². The minimum Gasteiger partial charge on any atom is -0.317 e. The maximum atomic E-state index is 13.8. The Kier molecular flexibility index (Phi) is 9.04. The van der Waals surface area contributed by atoms with Gasteiger partial charge in [0, 0.05) is 25.6 Å². The minimum absolute atomic E-state index is 0.0391. The lowest BCUT2D eigenvalue weighted by Gasteiger charge is -2.34. The summed E-state index contributed by atoms with van der Waals surface area (Å²) in [6, 6.07) is 21.4. The van der Waals surface area contributed by atoms with Gasteiger partial charge < -0.3 is 5.32 Å². The molecule has 3 aromatic carbocycles. The number of piperidine rings is 1. The van der Waals surface area contributed by atoms with Crippen LogP contribution in [-0.4, -0.2) is 60.1 Å². The second-order valence-corrected chi connectivity index (χ2v) is 15.9. The van der Waals surface area contributed by atoms with E-state index in [0.29, 0.717) is 29.4 Å². The van der Waals surface area contributed by atoms with Gasteiger partial charge in [0.25, 0.3) is 0 Å². The number of benzene rings is 3. The van der Waals surface area contributed by atoms with Gasteiger partial charge in [-0.3, -0.25) is 4.31 Å². The predicted molar refractivity (Wildman–Crippen MR) is 166 cm³/mol. The summed E-state index contributed by atoms with van der Waals surface area (Å²) in [4.78, 5) is 0.206. The third kappa shape index (κ3) is 6.31. The van der Waals surface area contributed by atoms with Crippen LogP contribution in [0.4, 0.5) is 5.69 Å². The van der Waals surface area contributed by atoms with Crippen LogP contribution in [0, 0.1) is 0 Å². The second-order valence-electron chi connectivity index (χ2n) is 11.0. The van der Waals surface area contributed by atoms with E-state index in [1.165, 1.54) is 4.31 Å². The van der Waals surface area contributed by atoms with Gasteiger partial charge in [-0.2, -0.15) is 0 Å². The van der Waals surface area contributed by atoms with Gasteiger partial charge in [0.1, 0.15) is 0 Å². The van der Waals surface area contributed by atoms with Crippen molar-refractivity contribution in [2.45, 2.75) is 41.9 Å². The molecule has 41 heavy (non-hydrogen) atoms. The number of fused-ring (bicyclic) bond motifs is 2. The fourth-order valence-corrected chi connectivity index (χ4v) is 9.30. The van der Waals surface area contributed by atoms with Crippen molar-refractivity contribution in [2.24, 2.45) is 0 Å². The molecule has 1 N–H and O–H groups in total. The molecule has 0 amide bonds. The fourth-order valence-electron chi connectivity index (χ4n) is 6.10. The summed E-state index contributed by atoms with van der Waals surface area (Å²) in [5.74, 6) is -0.326. The predicted octanol–water partition coefficient (Wildman–Crippen LogP) is 5.65. The van der Waals surface area contributed by atoms with E-state index in [2.05, 4.69) is 11.4 Å². The molecule has 0 saturated carbocycles. The molecule has 0 aliphatic carbocycles. The van der Waals surface area contributed by atoms with Gasteiger partial charge in [-0.05, 0) is 86.1 Å². The maximum absolute atomic E-state index is 13.8. The maximum Gasteiger partial charge on any atom is 0.242 e. The highest BCUT2D eigenvalue weighted by atomic mass is 35.5. The van der Waals surface area contributed by atoms with Gasteiger partial charge in [-0.1, -0.05) is 65.7 Å². The third-order valence-corrected chi connectivity index (χ3v) is 12.8. The van der Waals surface area contributed by atoms with Gasteiger partial charge in [0.15, 0.2) is 0 Å². The molecule has 2 aliphatic heterocycles. The monoisotopic (exact) mass is 635 g/mol. The number of likely N-dealkylation sites (N-methyl/N-ethyl adjacent to an activating group) is 1. The Morgan fingerprint density at radius 2 is 1.61 bits per heavy atom. The van der Waals surface area contributed by atoms with Crippen LogP contribution < -0.4 is 9.62 Å². The van der Waals surface area contributed by atoms with E-state index in [4.69, 9.17) is 23.2 Å². The lowest BCUT2D eigenvalue weighted by Crippen LogP contribution is -2.44. The Morgan fingerprint density at radius 3 is 2.32 bits per heavy atom. The topological polar surface area (TPSA) is 86.8 Å². The molecule has 0 bridgehead atoms. The summed E-state index contributed by atoms with van der Waals surface area (Å²) in [5, 5.41) is 4.17. The molecule has 2 heterocycles. The standard InChI is InChI=1S/C30H35Cl2N3O4S2/c1-34(41(38,39)25-9-3-2-4-10-25)21-24(23-13-14-27(31)28(32)20-23)8-7-19-40(36,37)35-22-30(15-17-33-18-16-30)26-11-5-6-12-29(26)35/h2-6,9-14,20,24,33H,7-8,15-19,21-22H2,1H3/t24-/m1/s1. The molecule has 0 unspecified atom stereocenters. The minimum atomic E-state index is -3.73. The number of sulfonamides is 2. The number of hydrogen-bond donors (Lipinski definition) is 1. The van der Waals surface area contributed by atoms with E-state index in [0.717, 1.165) is 42.7 Å². The van der Waals surface area contributed by atoms with Crippen molar-refractivity contribution in [3.05, 3.63) is 94.0 Å². The number of nitrogens with zero attached hydrogens (tertiary/aromatic N) is 2. The SMILES string of the molecule is CN(C[C@@H](CCCS(=O)(=O)N1CC2(CCNCC2)c2ccccc21)c1ccc(Cl)c(Cl)c1)S(=O)(=O)c1ccccc1. The zero-order chi connectivity index (χ0) is 29.3. The molecule has 11 heteroatoms. The molecular formula is C30H35Cl2N3O4S2. The first-order chi connectivity index (χ1) is 19.5. The Morgan fingerprint density at radius 1 is 0.927 bits per heavy atom. The lowest BCUT2D eigenvalue weighted by atomic mass is 9.75. The van der Waals surface area contributed by atoms with Crippen LogP contribution in [0.2, 0.25) is 10.0 Å². The van der Waals surface area contributed by atoms with Crippen molar-refractivity contribution < 1.29 is 16.8 Å². The summed E-state index contributed by atoms with van der Waals surface area (Å²) in [5.41, 5.74) is 2.55. The van der Waals surface area contributed by atoms with Crippen LogP contribution in [0.1, 0.15) is 42.7 Å². The number of halogens is 2. The Bertz CT molecular complexity index is 1590. The summed E-state index contributed by atoms with van der Waals surface area (Å²) in [6.07, 6.45) is 2.62. The lowest BCUT2D eigenvalue weighted by molar-refractivity contribution is 0.330. The van der Waals surface area contributed by atoms with Gasteiger partial charge >= 0.3 is 0 Å². The number of hydrogen-bond acceptors (Lipinski definition) is 5. The van der Waals surface area contributed by atoms with Crippen molar-refractivity contribution in [1.29, 1.82) is 0 Å². The van der Waals surface area contributed by atoms with E-state index in [1.54, 1.807) is 53.8 Å². The van der Waals surface area contributed by atoms with Crippen LogP contribution in [0.25, 0.3) is 0 Å². The fraction of sp³-hybridized carbons (Fsp3) is 0.400. The smallest absolute Gasteiger partial charge is 0.242 e. The average molecular weight is 637 g/mol. The molecule has 7 nitrogen and oxygen atoms in total. The van der Waals surface area contributed by atoms with Crippen molar-refractivity contribution in [3.8, 4) is 0 Å². The first-order valence-corrected chi connectivity index (χ1v) is 17.6. The highest BCUT2D eigenvalue weighted by molar-refractivity contribution is 7.92. The van der Waals surface area contributed by atoms with E-state index in [-0.39, 0.29) is 28.5 Å². The summed E-state index contributed by atoms with van der Waals surface area (Å²) in [6.45, 7) is 2.36. The summed E-state index contributed by atoms with van der Waals surface area (Å²) < 4.78 is 57.0. The van der Waals surface area contributed by atoms with Crippen molar-refractivity contribution >= 4 is 48.9 Å². The molecular weight excluding hydrogens is 601 g/mol. The van der Waals surface area contributed by atoms with E-state index < -0.39 is 20.0 Å². The van der Waals surface area contributed by atoms with Crippen LogP contribution in [-0.2, 0) is 25.5 Å². The van der Waals surface area contributed by atoms with Crippen molar-refractivity contribution in [2.75, 3.05) is 43.3 Å². The van der Waals surface area contributed by atoms with Crippen LogP contribution in [0.15, 0.2) is 77.7 Å². The third-order valence-electron chi connectivity index (χ3n) is 8.39. The van der Waals surface area contributed by atoms with E-state index in [1.807, 2.05) is 24.3 Å². The molecule has 0 aromatic heterocycles. The van der Waals surface area contributed by atoms with Gasteiger partial charge in [0.05, 0.1) is 26.4 Å². The largest absolute Gasteiger partial charge is 0.317 e. The normalized spacial score (nSPS) is 17.6. The Labute approximate surface area is 253 Å². The first kappa shape index (κ1) is 30.3. The second kappa shape index (κ2) is 12.2. The highest BCUT2D eigenvalue weighted by Gasteiger charge is 2.46. The van der Waals surface area contributed by atoms with Crippen molar-refractivity contribution in [1.82, 2.24) is 9.62 Å². The zero-order valence-corrected chi connectivity index (χ0v) is 26.1. The van der Waals surface area contributed by atoms with Crippen LogP contribution >= 0.6 is 23.2 Å². The molecule has 1 fully saturated rings. The Balaban J connectivity index is 1.34. The molecule has 3 aromatic rings. The number of rotatable bonds is 10. The molecule has 1 saturated heterocycles. The number of anilines is 1. The molecule has 0 radical (unpaired) electrons. The average Bonchev–Trinajstić information content (AvgIpc) is 3.29. The quantitative estimate of drug-likeness (QED) is 0.311. The van der Waals surface area contributed by atoms with E-state index >= 15 is 0 Å². The number of para-hydroxylation sites is 1. The first-order valence-electron chi connectivity index (χ1n) is 13.8. The summed E-state index contributed by atoms with van der Waals surface area (Å²) in [7, 11) is -5.80. The molecule has 2 aliphatic rings. The Hall–Kier alpha value is -2.14. The molecule has 220 valence electrons. The van der Waals surface area contributed by atoms with Gasteiger partial charge in [0.2, 0.25) is 20.0 Å². The zero-order valence-electron chi connectivity index (χ0n) is 23.0.